The number of ether oxygens (including phenoxy) is 2. The molecule has 1 saturated heterocycles. The number of H-pyrrole nitrogens is 1. The molecule has 0 bridgehead atoms. The van der Waals surface area contributed by atoms with Gasteiger partial charge in [0.1, 0.15) is 18.0 Å². The molecule has 1 fully saturated rings. The van der Waals surface area contributed by atoms with E-state index in [1.165, 1.54) is 10.1 Å². The molecule has 0 saturated carbocycles. The number of methoxy groups -OCH3 is 1. The average Bonchev–Trinajstić information content (AvgIpc) is 3.01. The molecule has 0 radical (unpaired) electrons. The van der Waals surface area contributed by atoms with Crippen molar-refractivity contribution in [3.63, 3.8) is 0 Å². The molecule has 3 heterocycles. The van der Waals surface area contributed by atoms with Crippen LogP contribution in [0.25, 0.3) is 0 Å². The van der Waals surface area contributed by atoms with Gasteiger partial charge in [-0.3, -0.25) is 19.1 Å². The summed E-state index contributed by atoms with van der Waals surface area (Å²) in [5.74, 6) is 1.31. The highest BCUT2D eigenvalue weighted by Gasteiger charge is 2.43. The summed E-state index contributed by atoms with van der Waals surface area (Å²) in [6.07, 6.45) is 0.821. The Bertz CT molecular complexity index is 889. The minimum Gasteiger partial charge on any atom is -0.497 e. The Labute approximate surface area is 144 Å². The van der Waals surface area contributed by atoms with Gasteiger partial charge in [0.15, 0.2) is 5.82 Å². The number of aromatic amines is 1. The van der Waals surface area contributed by atoms with Crippen molar-refractivity contribution in [2.75, 3.05) is 20.2 Å². The highest BCUT2D eigenvalue weighted by molar-refractivity contribution is 5.27. The van der Waals surface area contributed by atoms with Crippen LogP contribution in [-0.2, 0) is 24.4 Å². The molecule has 1 N–H and O–H groups in total. The number of hydrogen-bond acceptors (Lipinski definition) is 6. The lowest BCUT2D eigenvalue weighted by atomic mass is 10.0. The Morgan fingerprint density at radius 1 is 1.28 bits per heavy atom. The van der Waals surface area contributed by atoms with E-state index in [-0.39, 0.29) is 6.61 Å². The van der Waals surface area contributed by atoms with E-state index in [0.717, 1.165) is 31.8 Å². The predicted octanol–water partition coefficient (Wildman–Crippen LogP) is 0.115. The maximum Gasteiger partial charge on any atom is 0.330 e. The van der Waals surface area contributed by atoms with E-state index in [0.29, 0.717) is 12.4 Å². The van der Waals surface area contributed by atoms with E-state index in [2.05, 4.69) is 27.2 Å². The van der Waals surface area contributed by atoms with Crippen LogP contribution >= 0.6 is 0 Å². The van der Waals surface area contributed by atoms with Gasteiger partial charge in [0, 0.05) is 19.6 Å². The maximum absolute atomic E-state index is 12.1. The Hall–Kier alpha value is -2.45. The molecule has 4 rings (SSSR count). The number of aromatic nitrogens is 3. The Kier molecular flexibility index (Phi) is 3.93. The third-order valence-electron chi connectivity index (χ3n) is 4.95. The molecule has 8 nitrogen and oxygen atoms in total. The first-order valence-electron chi connectivity index (χ1n) is 8.26. The number of likely N-dealkylation sites (tertiary alicyclic amines) is 1. The zero-order valence-electron chi connectivity index (χ0n) is 14.0. The van der Waals surface area contributed by atoms with Gasteiger partial charge < -0.3 is 9.47 Å². The molecule has 2 aromatic rings. The molecule has 1 atom stereocenters. The summed E-state index contributed by atoms with van der Waals surface area (Å²) < 4.78 is 12.7. The second-order valence-corrected chi connectivity index (χ2v) is 6.64. The minimum atomic E-state index is -0.686. The second-order valence-electron chi connectivity index (χ2n) is 6.64. The number of nitrogens with one attached hydrogen (secondary N) is 1. The van der Waals surface area contributed by atoms with Crippen molar-refractivity contribution in [3.8, 4) is 5.75 Å². The number of fused-ring (bicyclic) bond motifs is 1. The molecule has 25 heavy (non-hydrogen) atoms. The van der Waals surface area contributed by atoms with E-state index < -0.39 is 16.7 Å². The normalized spacial score (nSPS) is 22.9. The minimum absolute atomic E-state index is 0.238. The van der Waals surface area contributed by atoms with Crippen LogP contribution in [0.15, 0.2) is 33.9 Å². The first-order valence-corrected chi connectivity index (χ1v) is 8.26. The van der Waals surface area contributed by atoms with Crippen molar-refractivity contribution in [2.45, 2.75) is 31.7 Å². The van der Waals surface area contributed by atoms with Gasteiger partial charge in [0.2, 0.25) is 0 Å². The van der Waals surface area contributed by atoms with Gasteiger partial charge in [0.05, 0.1) is 13.7 Å². The van der Waals surface area contributed by atoms with Gasteiger partial charge in [-0.15, -0.1) is 0 Å². The molecule has 132 valence electrons. The SMILES string of the molecule is COc1ccc(CN2CC[C@]3(C2)Cn2c(n[nH]c(=O)c2=O)CO3)cc1. The Balaban J connectivity index is 1.49. The van der Waals surface area contributed by atoms with Crippen LogP contribution in [0.2, 0.25) is 0 Å². The first-order chi connectivity index (χ1) is 12.1. The van der Waals surface area contributed by atoms with Crippen LogP contribution in [0.1, 0.15) is 17.8 Å². The average molecular weight is 344 g/mol. The summed E-state index contributed by atoms with van der Waals surface area (Å²) in [6, 6.07) is 8.00. The van der Waals surface area contributed by atoms with Crippen LogP contribution in [0, 0.1) is 0 Å². The monoisotopic (exact) mass is 344 g/mol. The second kappa shape index (κ2) is 6.12. The Morgan fingerprint density at radius 3 is 2.84 bits per heavy atom. The molecule has 0 amide bonds. The van der Waals surface area contributed by atoms with Gasteiger partial charge >= 0.3 is 11.1 Å². The fraction of sp³-hybridized carbons (Fsp3) is 0.471. The zero-order chi connectivity index (χ0) is 17.4. The molecular formula is C17H20N4O4. The molecule has 0 aliphatic carbocycles. The fourth-order valence-corrected chi connectivity index (χ4v) is 3.59. The summed E-state index contributed by atoms with van der Waals surface area (Å²) in [5, 5.41) is 6.13. The standard InChI is InChI=1S/C17H20N4O4/c1-24-13-4-2-12(3-5-13)8-20-7-6-17(10-20)11-21-14(9-25-17)18-19-15(22)16(21)23/h2-5H,6-11H2,1H3,(H,19,22)/t17-/m0/s1. The van der Waals surface area contributed by atoms with E-state index in [1.54, 1.807) is 7.11 Å². The van der Waals surface area contributed by atoms with Crippen molar-refractivity contribution in [1.29, 1.82) is 0 Å². The fourth-order valence-electron chi connectivity index (χ4n) is 3.59. The third kappa shape index (κ3) is 2.98. The van der Waals surface area contributed by atoms with E-state index in [4.69, 9.17) is 9.47 Å². The highest BCUT2D eigenvalue weighted by Crippen LogP contribution is 2.31. The van der Waals surface area contributed by atoms with Crippen LogP contribution in [0.3, 0.4) is 0 Å². The van der Waals surface area contributed by atoms with Crippen LogP contribution in [-0.4, -0.2) is 45.5 Å². The van der Waals surface area contributed by atoms with E-state index >= 15 is 0 Å². The molecule has 1 aromatic carbocycles. The van der Waals surface area contributed by atoms with Gasteiger partial charge in [0.25, 0.3) is 0 Å². The number of rotatable bonds is 3. The van der Waals surface area contributed by atoms with Gasteiger partial charge in [-0.05, 0) is 24.1 Å². The van der Waals surface area contributed by atoms with Gasteiger partial charge in [-0.1, -0.05) is 12.1 Å². The Morgan fingerprint density at radius 2 is 2.08 bits per heavy atom. The molecular weight excluding hydrogens is 324 g/mol. The lowest BCUT2D eigenvalue weighted by molar-refractivity contribution is -0.0853. The molecule has 0 unspecified atom stereocenters. The summed E-state index contributed by atoms with van der Waals surface area (Å²) in [6.45, 7) is 3.02. The van der Waals surface area contributed by atoms with Crippen molar-refractivity contribution in [1.82, 2.24) is 19.7 Å². The highest BCUT2D eigenvalue weighted by atomic mass is 16.5. The van der Waals surface area contributed by atoms with Crippen molar-refractivity contribution in [3.05, 3.63) is 56.4 Å². The van der Waals surface area contributed by atoms with Crippen LogP contribution < -0.4 is 15.9 Å². The number of hydrogen-bond donors (Lipinski definition) is 1. The number of benzene rings is 1. The van der Waals surface area contributed by atoms with E-state index in [9.17, 15) is 9.59 Å². The lowest BCUT2D eigenvalue weighted by Crippen LogP contribution is -2.51. The van der Waals surface area contributed by atoms with Crippen molar-refractivity contribution in [2.24, 2.45) is 0 Å². The van der Waals surface area contributed by atoms with Crippen molar-refractivity contribution >= 4 is 0 Å². The molecule has 8 heteroatoms. The lowest BCUT2D eigenvalue weighted by Gasteiger charge is -2.34. The van der Waals surface area contributed by atoms with Gasteiger partial charge in [-0.2, -0.15) is 5.10 Å². The van der Waals surface area contributed by atoms with Crippen LogP contribution in [0.4, 0.5) is 0 Å². The maximum atomic E-state index is 12.1. The number of nitrogens with zero attached hydrogens (tertiary/aromatic N) is 3. The summed E-state index contributed by atoms with van der Waals surface area (Å²) in [4.78, 5) is 25.9. The topological polar surface area (TPSA) is 89.5 Å². The molecule has 1 aromatic heterocycles. The first kappa shape index (κ1) is 16.0. The van der Waals surface area contributed by atoms with Gasteiger partial charge in [-0.25, -0.2) is 5.10 Å². The quantitative estimate of drug-likeness (QED) is 0.796. The smallest absolute Gasteiger partial charge is 0.330 e. The summed E-state index contributed by atoms with van der Waals surface area (Å²) >= 11 is 0. The zero-order valence-corrected chi connectivity index (χ0v) is 14.0. The molecule has 2 aliphatic rings. The largest absolute Gasteiger partial charge is 0.497 e. The molecule has 1 spiro atoms. The van der Waals surface area contributed by atoms with Crippen LogP contribution in [0.5, 0.6) is 5.75 Å². The third-order valence-corrected chi connectivity index (χ3v) is 4.95. The summed E-state index contributed by atoms with van der Waals surface area (Å²) in [5.41, 5.74) is -0.474. The van der Waals surface area contributed by atoms with E-state index in [1.807, 2.05) is 12.1 Å². The predicted molar refractivity (Wildman–Crippen MR) is 89.5 cm³/mol. The molecule has 2 aliphatic heterocycles. The van der Waals surface area contributed by atoms with Crippen molar-refractivity contribution < 1.29 is 9.47 Å². The summed E-state index contributed by atoms with van der Waals surface area (Å²) in [7, 11) is 1.65.